The third-order valence-corrected chi connectivity index (χ3v) is 6.36. The lowest BCUT2D eigenvalue weighted by atomic mass is 9.94. The minimum Gasteiger partial charge on any atom is -0.143 e. The molecule has 0 aromatic carbocycles. The van der Waals surface area contributed by atoms with Crippen molar-refractivity contribution in [1.82, 2.24) is 0 Å². The zero-order valence-electron chi connectivity index (χ0n) is 12.5. The zero-order valence-corrected chi connectivity index (χ0v) is 14.1. The Bertz CT molecular complexity index is 380. The van der Waals surface area contributed by atoms with E-state index in [0.29, 0.717) is 0 Å². The second-order valence-electron chi connectivity index (χ2n) is 7.01. The molecule has 1 fully saturated rings. The van der Waals surface area contributed by atoms with E-state index < -0.39 is 0 Å². The van der Waals surface area contributed by atoms with Crippen LogP contribution in [0.2, 0.25) is 0 Å². The fourth-order valence-corrected chi connectivity index (χ4v) is 4.45. The number of rotatable bonds is 3. The zero-order chi connectivity index (χ0) is 13.9. The summed E-state index contributed by atoms with van der Waals surface area (Å²) in [5.41, 5.74) is 0.252. The highest BCUT2D eigenvalue weighted by Crippen LogP contribution is 2.39. The van der Waals surface area contributed by atoms with Crippen LogP contribution in [0.1, 0.15) is 80.8 Å². The van der Waals surface area contributed by atoms with Crippen molar-refractivity contribution < 1.29 is 0 Å². The molecule has 19 heavy (non-hydrogen) atoms. The monoisotopic (exact) mass is 298 g/mol. The highest BCUT2D eigenvalue weighted by Gasteiger charge is 2.21. The van der Waals surface area contributed by atoms with Gasteiger partial charge >= 0.3 is 0 Å². The summed E-state index contributed by atoms with van der Waals surface area (Å²) >= 11 is 8.58. The topological polar surface area (TPSA) is 0 Å². The van der Waals surface area contributed by atoms with Crippen molar-refractivity contribution in [2.45, 2.75) is 76.5 Å². The van der Waals surface area contributed by atoms with Gasteiger partial charge in [-0.15, -0.1) is 22.9 Å². The van der Waals surface area contributed by atoms with Gasteiger partial charge in [-0.25, -0.2) is 0 Å². The second-order valence-corrected chi connectivity index (χ2v) is 8.66. The summed E-state index contributed by atoms with van der Waals surface area (Å²) in [5, 5.41) is 0.226. The molecule has 1 atom stereocenters. The van der Waals surface area contributed by atoms with E-state index in [1.165, 1.54) is 54.7 Å². The maximum Gasteiger partial charge on any atom is 0.0681 e. The van der Waals surface area contributed by atoms with Crippen LogP contribution in [0.5, 0.6) is 0 Å². The molecule has 0 N–H and O–H groups in total. The van der Waals surface area contributed by atoms with Gasteiger partial charge in [0.25, 0.3) is 0 Å². The van der Waals surface area contributed by atoms with E-state index in [4.69, 9.17) is 11.6 Å². The third kappa shape index (κ3) is 4.49. The lowest BCUT2D eigenvalue weighted by molar-refractivity contribution is 0.424. The Labute approximate surface area is 127 Å². The van der Waals surface area contributed by atoms with Gasteiger partial charge in [-0.05, 0) is 29.9 Å². The van der Waals surface area contributed by atoms with E-state index in [9.17, 15) is 0 Å². The third-order valence-electron chi connectivity index (χ3n) is 4.19. The highest BCUT2D eigenvalue weighted by atomic mass is 35.5. The van der Waals surface area contributed by atoms with Crippen molar-refractivity contribution in [2.24, 2.45) is 5.92 Å². The van der Waals surface area contributed by atoms with Crippen LogP contribution < -0.4 is 0 Å². The van der Waals surface area contributed by atoms with Crippen LogP contribution in [0.15, 0.2) is 12.1 Å². The molecule has 0 bridgehead atoms. The van der Waals surface area contributed by atoms with Crippen LogP contribution in [0.25, 0.3) is 0 Å². The van der Waals surface area contributed by atoms with Gasteiger partial charge < -0.3 is 0 Å². The van der Waals surface area contributed by atoms with Gasteiger partial charge in [0, 0.05) is 9.75 Å². The highest BCUT2D eigenvalue weighted by molar-refractivity contribution is 7.12. The molecule has 0 nitrogen and oxygen atoms in total. The van der Waals surface area contributed by atoms with Gasteiger partial charge in [0.1, 0.15) is 0 Å². The van der Waals surface area contributed by atoms with E-state index in [2.05, 4.69) is 32.9 Å². The summed E-state index contributed by atoms with van der Waals surface area (Å²) in [4.78, 5) is 2.82. The fraction of sp³-hybridized carbons (Fsp3) is 0.765. The Morgan fingerprint density at radius 2 is 1.79 bits per heavy atom. The standard InChI is InChI=1S/C17H27ClS/c1-17(2,3)16-11-10-15(19-16)14(18)12-13-8-6-4-5-7-9-13/h10-11,13-14H,4-9,12H2,1-3H3. The molecule has 0 amide bonds. The molecule has 1 heterocycles. The Kier molecular flexibility index (Phi) is 5.37. The molecule has 0 aliphatic heterocycles. The molecular formula is C17H27ClS. The van der Waals surface area contributed by atoms with E-state index in [-0.39, 0.29) is 10.8 Å². The minimum absolute atomic E-state index is 0.226. The smallest absolute Gasteiger partial charge is 0.0681 e. The molecule has 108 valence electrons. The molecule has 1 aliphatic carbocycles. The van der Waals surface area contributed by atoms with Crippen molar-refractivity contribution >= 4 is 22.9 Å². The van der Waals surface area contributed by atoms with Crippen molar-refractivity contribution in [3.8, 4) is 0 Å². The van der Waals surface area contributed by atoms with Gasteiger partial charge in [-0.3, -0.25) is 0 Å². The maximum absolute atomic E-state index is 6.67. The molecule has 0 spiro atoms. The van der Waals surface area contributed by atoms with E-state index in [1.54, 1.807) is 0 Å². The molecule has 1 aromatic heterocycles. The van der Waals surface area contributed by atoms with Crippen LogP contribution >= 0.6 is 22.9 Å². The molecule has 1 aliphatic rings. The number of hydrogen-bond acceptors (Lipinski definition) is 1. The molecule has 1 aromatic rings. The summed E-state index contributed by atoms with van der Waals surface area (Å²) in [5.74, 6) is 0.852. The first kappa shape index (κ1) is 15.4. The SMILES string of the molecule is CC(C)(C)c1ccc(C(Cl)CC2CCCCCC2)s1. The molecule has 0 saturated heterocycles. The number of halogens is 1. The Balaban J connectivity index is 1.95. The lowest BCUT2D eigenvalue weighted by Gasteiger charge is -2.18. The van der Waals surface area contributed by atoms with Crippen LogP contribution in [-0.2, 0) is 5.41 Å². The first-order valence-corrected chi connectivity index (χ1v) is 8.96. The van der Waals surface area contributed by atoms with Crippen LogP contribution in [-0.4, -0.2) is 0 Å². The molecule has 2 rings (SSSR count). The van der Waals surface area contributed by atoms with Gasteiger partial charge in [-0.1, -0.05) is 59.3 Å². The maximum atomic E-state index is 6.67. The van der Waals surface area contributed by atoms with Crippen molar-refractivity contribution in [1.29, 1.82) is 0 Å². The van der Waals surface area contributed by atoms with E-state index in [0.717, 1.165) is 5.92 Å². The summed E-state index contributed by atoms with van der Waals surface area (Å²) in [6.07, 6.45) is 9.62. The predicted octanol–water partition coefficient (Wildman–Crippen LogP) is 6.69. The van der Waals surface area contributed by atoms with Crippen molar-refractivity contribution in [2.75, 3.05) is 0 Å². The summed E-state index contributed by atoms with van der Waals surface area (Å²) in [6, 6.07) is 4.52. The van der Waals surface area contributed by atoms with Crippen LogP contribution in [0.3, 0.4) is 0 Å². The second kappa shape index (κ2) is 6.63. The van der Waals surface area contributed by atoms with Gasteiger partial charge in [0.05, 0.1) is 5.38 Å². The van der Waals surface area contributed by atoms with Gasteiger partial charge in [0.2, 0.25) is 0 Å². The average Bonchev–Trinajstić information content (AvgIpc) is 2.70. The Morgan fingerprint density at radius 3 is 2.32 bits per heavy atom. The first-order chi connectivity index (χ1) is 8.97. The number of hydrogen-bond donors (Lipinski definition) is 0. The summed E-state index contributed by atoms with van der Waals surface area (Å²) in [7, 11) is 0. The summed E-state index contributed by atoms with van der Waals surface area (Å²) in [6.45, 7) is 6.82. The number of alkyl halides is 1. The van der Waals surface area contributed by atoms with Gasteiger partial charge in [-0.2, -0.15) is 0 Å². The Hall–Kier alpha value is -0.0100. The van der Waals surface area contributed by atoms with Crippen LogP contribution in [0.4, 0.5) is 0 Å². The van der Waals surface area contributed by atoms with Crippen molar-refractivity contribution in [3.63, 3.8) is 0 Å². The molecule has 1 saturated carbocycles. The predicted molar refractivity (Wildman–Crippen MR) is 87.4 cm³/mol. The first-order valence-electron chi connectivity index (χ1n) is 7.71. The molecular weight excluding hydrogens is 272 g/mol. The van der Waals surface area contributed by atoms with Crippen LogP contribution in [0, 0.1) is 5.92 Å². The minimum atomic E-state index is 0.226. The summed E-state index contributed by atoms with van der Waals surface area (Å²) < 4.78 is 0. The average molecular weight is 299 g/mol. The van der Waals surface area contributed by atoms with E-state index >= 15 is 0 Å². The normalized spacial score (nSPS) is 20.2. The lowest BCUT2D eigenvalue weighted by Crippen LogP contribution is -2.07. The largest absolute Gasteiger partial charge is 0.143 e. The molecule has 1 unspecified atom stereocenters. The fourth-order valence-electron chi connectivity index (χ4n) is 2.93. The van der Waals surface area contributed by atoms with Gasteiger partial charge in [0.15, 0.2) is 0 Å². The van der Waals surface area contributed by atoms with E-state index in [1.807, 2.05) is 11.3 Å². The quantitative estimate of drug-likeness (QED) is 0.431. The molecule has 0 radical (unpaired) electrons. The molecule has 2 heteroatoms. The van der Waals surface area contributed by atoms with Crippen molar-refractivity contribution in [3.05, 3.63) is 21.9 Å². The number of thiophene rings is 1. The Morgan fingerprint density at radius 1 is 1.16 bits per heavy atom.